The zero-order valence-electron chi connectivity index (χ0n) is 18.2. The van der Waals surface area contributed by atoms with Gasteiger partial charge in [0, 0.05) is 24.4 Å². The smallest absolute Gasteiger partial charge is 0.726 e. The molecule has 0 unspecified atom stereocenters. The summed E-state index contributed by atoms with van der Waals surface area (Å²) in [6.45, 7) is 2.67. The first-order valence-electron chi connectivity index (χ1n) is 9.58. The number of esters is 1. The summed E-state index contributed by atoms with van der Waals surface area (Å²) >= 11 is 1.13. The molecule has 1 fully saturated rings. The molecule has 1 saturated heterocycles. The maximum Gasteiger partial charge on any atom is 1.00 e. The van der Waals surface area contributed by atoms with Crippen LogP contribution in [-0.4, -0.2) is 47.8 Å². The standard InChI is InChI=1S/C20H22N2O8S2.Na/c1-12(30-32(26,27)28)17-15-10-16(31-9-8-21-13(2)23)18(22(15)19(17)24)20(25)29-11-14-6-4-3-5-7-14;/h3-9,12,15,17H,10-11H2,1-2H3,(H,21,23)(H,26,27,28);/q;+1/p-1/b9-8+;/t12-,15+,17-;/m0./s1. The molecule has 3 rings (SSSR count). The summed E-state index contributed by atoms with van der Waals surface area (Å²) in [5, 5.41) is 4.03. The minimum Gasteiger partial charge on any atom is -0.726 e. The predicted octanol–water partition coefficient (Wildman–Crippen LogP) is -1.62. The van der Waals surface area contributed by atoms with Crippen LogP contribution in [0.25, 0.3) is 0 Å². The second-order valence-corrected chi connectivity index (χ2v) is 9.18. The summed E-state index contributed by atoms with van der Waals surface area (Å²) in [6.07, 6.45) is 0.470. The fraction of sp³-hybridized carbons (Fsp3) is 0.350. The topological polar surface area (TPSA) is 142 Å². The van der Waals surface area contributed by atoms with E-state index in [1.54, 1.807) is 29.7 Å². The largest absolute Gasteiger partial charge is 1.00 e. The van der Waals surface area contributed by atoms with E-state index in [0.29, 0.717) is 4.91 Å². The molecular formula is C20H21N2NaO8S2. The quantitative estimate of drug-likeness (QED) is 0.138. The number of ether oxygens (including phenoxy) is 1. The molecular weight excluding hydrogens is 483 g/mol. The monoisotopic (exact) mass is 504 g/mol. The number of hydrogen-bond acceptors (Lipinski definition) is 9. The number of carbonyl (C=O) groups excluding carboxylic acids is 3. The summed E-state index contributed by atoms with van der Waals surface area (Å²) in [7, 11) is -4.99. The summed E-state index contributed by atoms with van der Waals surface area (Å²) in [5.41, 5.74) is 0.827. The van der Waals surface area contributed by atoms with Crippen molar-refractivity contribution in [2.45, 2.75) is 39.0 Å². The maximum atomic E-state index is 12.9. The Bertz CT molecular complexity index is 1070. The Labute approximate surface area is 218 Å². The van der Waals surface area contributed by atoms with Gasteiger partial charge in [-0.05, 0) is 17.9 Å². The SMILES string of the molecule is CC(=O)N/C=C/SC1=C(C(=O)OCc2ccccc2)N2C(=O)[C@@H]([C@H](C)OS(=O)(=O)[O-])[C@H]2C1.[Na+]. The zero-order chi connectivity index (χ0) is 23.5. The first-order valence-corrected chi connectivity index (χ1v) is 11.8. The molecule has 13 heteroatoms. The van der Waals surface area contributed by atoms with Crippen molar-refractivity contribution in [2.24, 2.45) is 5.92 Å². The second kappa shape index (κ2) is 11.6. The third-order valence-electron chi connectivity index (χ3n) is 4.91. The van der Waals surface area contributed by atoms with Crippen molar-refractivity contribution in [3.05, 3.63) is 58.1 Å². The van der Waals surface area contributed by atoms with Crippen molar-refractivity contribution in [1.82, 2.24) is 10.2 Å². The van der Waals surface area contributed by atoms with Crippen LogP contribution in [-0.2, 0) is 40.3 Å². The van der Waals surface area contributed by atoms with Crippen LogP contribution in [0.1, 0.15) is 25.8 Å². The molecule has 0 saturated carbocycles. The number of nitrogens with zero attached hydrogens (tertiary/aromatic N) is 1. The van der Waals surface area contributed by atoms with Crippen LogP contribution in [0, 0.1) is 5.92 Å². The van der Waals surface area contributed by atoms with E-state index in [1.807, 2.05) is 6.07 Å². The molecule has 2 heterocycles. The van der Waals surface area contributed by atoms with Crippen molar-refractivity contribution in [1.29, 1.82) is 0 Å². The molecule has 1 aromatic rings. The van der Waals surface area contributed by atoms with E-state index in [0.717, 1.165) is 17.3 Å². The summed E-state index contributed by atoms with van der Waals surface area (Å²) < 4.78 is 42.6. The Morgan fingerprint density at radius 1 is 1.33 bits per heavy atom. The predicted molar refractivity (Wildman–Crippen MR) is 113 cm³/mol. The number of hydrogen-bond donors (Lipinski definition) is 1. The van der Waals surface area contributed by atoms with Crippen molar-refractivity contribution in [3.8, 4) is 0 Å². The van der Waals surface area contributed by atoms with Crippen LogP contribution in [0.5, 0.6) is 0 Å². The molecule has 0 radical (unpaired) electrons. The van der Waals surface area contributed by atoms with Gasteiger partial charge < -0.3 is 19.5 Å². The first kappa shape index (κ1) is 27.6. The molecule has 1 N–H and O–H groups in total. The molecule has 172 valence electrons. The molecule has 0 aliphatic carbocycles. The van der Waals surface area contributed by atoms with Crippen LogP contribution < -0.4 is 34.9 Å². The van der Waals surface area contributed by atoms with Gasteiger partial charge in [-0.2, -0.15) is 0 Å². The number of thioether (sulfide) groups is 1. The molecule has 1 aromatic carbocycles. The third kappa shape index (κ3) is 6.92. The minimum absolute atomic E-state index is 0. The van der Waals surface area contributed by atoms with Gasteiger partial charge in [0.2, 0.25) is 22.2 Å². The summed E-state index contributed by atoms with van der Waals surface area (Å²) in [6, 6.07) is 8.47. The van der Waals surface area contributed by atoms with Gasteiger partial charge in [-0.15, -0.1) is 0 Å². The number of carbonyl (C=O) groups is 3. The molecule has 2 aliphatic heterocycles. The van der Waals surface area contributed by atoms with Gasteiger partial charge in [0.25, 0.3) is 0 Å². The number of fused-ring (bicyclic) bond motifs is 1. The molecule has 3 atom stereocenters. The van der Waals surface area contributed by atoms with Gasteiger partial charge in [0.15, 0.2) is 0 Å². The molecule has 2 aliphatic rings. The van der Waals surface area contributed by atoms with E-state index in [-0.39, 0.29) is 54.2 Å². The normalized spacial score (nSPS) is 20.7. The van der Waals surface area contributed by atoms with Crippen LogP contribution in [0.3, 0.4) is 0 Å². The van der Waals surface area contributed by atoms with Crippen LogP contribution in [0.4, 0.5) is 0 Å². The maximum absolute atomic E-state index is 12.9. The Morgan fingerprint density at radius 3 is 2.61 bits per heavy atom. The van der Waals surface area contributed by atoms with Crippen molar-refractivity contribution >= 4 is 39.9 Å². The van der Waals surface area contributed by atoms with Crippen molar-refractivity contribution < 1.29 is 65.8 Å². The molecule has 0 spiro atoms. The fourth-order valence-electron chi connectivity index (χ4n) is 3.62. The van der Waals surface area contributed by atoms with E-state index in [4.69, 9.17) is 4.74 Å². The first-order chi connectivity index (χ1) is 15.1. The number of benzene rings is 1. The number of rotatable bonds is 9. The van der Waals surface area contributed by atoms with E-state index >= 15 is 0 Å². The van der Waals surface area contributed by atoms with E-state index in [1.165, 1.54) is 24.9 Å². The van der Waals surface area contributed by atoms with Crippen molar-refractivity contribution in [3.63, 3.8) is 0 Å². The molecule has 10 nitrogen and oxygen atoms in total. The van der Waals surface area contributed by atoms with Gasteiger partial charge in [-0.25, -0.2) is 13.2 Å². The average Bonchev–Trinajstić information content (AvgIpc) is 3.03. The fourth-order valence-corrected chi connectivity index (χ4v) is 4.97. The molecule has 0 aromatic heterocycles. The van der Waals surface area contributed by atoms with Crippen LogP contribution in [0.15, 0.2) is 52.5 Å². The van der Waals surface area contributed by atoms with Crippen LogP contribution >= 0.6 is 11.8 Å². The van der Waals surface area contributed by atoms with E-state index in [2.05, 4.69) is 9.50 Å². The Morgan fingerprint density at radius 2 is 2.00 bits per heavy atom. The third-order valence-corrected chi connectivity index (χ3v) is 6.37. The van der Waals surface area contributed by atoms with E-state index < -0.39 is 40.3 Å². The zero-order valence-corrected chi connectivity index (χ0v) is 21.9. The molecule has 33 heavy (non-hydrogen) atoms. The van der Waals surface area contributed by atoms with Gasteiger partial charge in [-0.1, -0.05) is 42.1 Å². The summed E-state index contributed by atoms with van der Waals surface area (Å²) in [4.78, 5) is 38.4. The summed E-state index contributed by atoms with van der Waals surface area (Å²) in [5.74, 6) is -2.40. The minimum atomic E-state index is -4.99. The molecule has 0 bridgehead atoms. The average molecular weight is 505 g/mol. The second-order valence-electron chi connectivity index (χ2n) is 7.17. The molecule has 2 amide bonds. The van der Waals surface area contributed by atoms with E-state index in [9.17, 15) is 27.4 Å². The number of nitrogens with one attached hydrogen (secondary N) is 1. The number of amides is 2. The Hall–Kier alpha value is -1.67. The Balaban J connectivity index is 0.00000385. The van der Waals surface area contributed by atoms with Gasteiger partial charge in [0.1, 0.15) is 12.3 Å². The van der Waals surface area contributed by atoms with Crippen molar-refractivity contribution in [2.75, 3.05) is 0 Å². The number of β-lactam (4-membered cyclic amide) rings is 1. The van der Waals surface area contributed by atoms with Gasteiger partial charge >= 0.3 is 35.5 Å². The van der Waals surface area contributed by atoms with Gasteiger partial charge in [-0.3, -0.25) is 13.8 Å². The Kier molecular flexibility index (Phi) is 9.73. The van der Waals surface area contributed by atoms with Gasteiger partial charge in [0.05, 0.1) is 18.1 Å². The van der Waals surface area contributed by atoms with Crippen LogP contribution in [0.2, 0.25) is 0 Å².